The minimum atomic E-state index is -0.725. The highest BCUT2D eigenvalue weighted by molar-refractivity contribution is 5.90. The van der Waals surface area contributed by atoms with Crippen LogP contribution in [0.1, 0.15) is 61.3 Å². The summed E-state index contributed by atoms with van der Waals surface area (Å²) in [6, 6.07) is 31.1. The maximum Gasteiger partial charge on any atom is 0.404 e. The van der Waals surface area contributed by atoms with Crippen LogP contribution >= 0.6 is 0 Å². The van der Waals surface area contributed by atoms with E-state index in [1.807, 2.05) is 93.7 Å². The lowest BCUT2D eigenvalue weighted by atomic mass is 9.98. The third-order valence-corrected chi connectivity index (χ3v) is 9.24. The molecular formula is C40H47N7O4. The number of carbonyl (C=O) groups excluding carboxylic acids is 3. The summed E-state index contributed by atoms with van der Waals surface area (Å²) >= 11 is 0. The summed E-state index contributed by atoms with van der Waals surface area (Å²) in [7, 11) is 1.84. The molecule has 1 fully saturated rings. The zero-order valence-corrected chi connectivity index (χ0v) is 29.5. The van der Waals surface area contributed by atoms with E-state index in [2.05, 4.69) is 39.9 Å². The summed E-state index contributed by atoms with van der Waals surface area (Å²) in [5.41, 5.74) is 19.9. The van der Waals surface area contributed by atoms with Gasteiger partial charge in [-0.15, -0.1) is 5.10 Å². The SMILES string of the molecule is CC.Cn1nnc2cc(CNC(=O)[C@@H]3CCCN3C(=O)[C@H](N)CCc3ccccc3)ccc21.NC(=O)OCC1c2ccccc2-c2ccccc21. The third-order valence-electron chi connectivity index (χ3n) is 9.24. The average molecular weight is 690 g/mol. The van der Waals surface area contributed by atoms with Gasteiger partial charge in [0.2, 0.25) is 11.8 Å². The minimum Gasteiger partial charge on any atom is -0.449 e. The lowest BCUT2D eigenvalue weighted by Gasteiger charge is -2.26. The van der Waals surface area contributed by atoms with Crippen molar-refractivity contribution in [2.24, 2.45) is 18.5 Å². The minimum absolute atomic E-state index is 0.0879. The highest BCUT2D eigenvalue weighted by Gasteiger charge is 2.36. The van der Waals surface area contributed by atoms with Gasteiger partial charge in [-0.25, -0.2) is 9.48 Å². The van der Waals surface area contributed by atoms with Crippen LogP contribution in [0, 0.1) is 0 Å². The highest BCUT2D eigenvalue weighted by Crippen LogP contribution is 2.44. The standard InChI is InChI=1S/C23H28N6O2.C15H13NO2.C2H6/c1-28-20-12-10-17(14-19(20)26-27-28)15-25-22(30)21-8-5-13-29(21)23(31)18(24)11-9-16-6-3-2-4-7-16;16-15(17)18-9-14-12-7-3-1-5-10(12)11-6-2-4-8-13(11)14;1-2/h2-4,6-7,10,12,14,18,21H,5,8-9,11,13,15,24H2,1H3,(H,25,30);1-8,14H,9H2,(H2,16,17);1-2H3/t18-,21+;;/m1../s1. The van der Waals surface area contributed by atoms with Crippen molar-refractivity contribution in [3.05, 3.63) is 119 Å². The molecule has 0 spiro atoms. The molecule has 3 amide bonds. The van der Waals surface area contributed by atoms with Crippen LogP contribution in [0.15, 0.2) is 97.1 Å². The van der Waals surface area contributed by atoms with Crippen LogP contribution in [-0.2, 0) is 34.3 Å². The molecule has 0 bridgehead atoms. The molecule has 1 aliphatic heterocycles. The normalized spacial score (nSPS) is 15.1. The molecule has 51 heavy (non-hydrogen) atoms. The van der Waals surface area contributed by atoms with Crippen LogP contribution in [0.5, 0.6) is 0 Å². The molecule has 5 aromatic rings. The summed E-state index contributed by atoms with van der Waals surface area (Å²) in [6.45, 7) is 5.24. The van der Waals surface area contributed by atoms with Crippen LogP contribution < -0.4 is 16.8 Å². The molecule has 11 nitrogen and oxygen atoms in total. The highest BCUT2D eigenvalue weighted by atomic mass is 16.5. The second-order valence-electron chi connectivity index (χ2n) is 12.4. The van der Waals surface area contributed by atoms with Crippen molar-refractivity contribution in [1.29, 1.82) is 0 Å². The zero-order valence-electron chi connectivity index (χ0n) is 29.5. The van der Waals surface area contributed by atoms with Crippen LogP contribution in [0.25, 0.3) is 22.2 Å². The molecule has 2 atom stereocenters. The Morgan fingerprint density at radius 1 is 0.902 bits per heavy atom. The number of aryl methyl sites for hydroxylation is 2. The van der Waals surface area contributed by atoms with E-state index in [0.29, 0.717) is 32.5 Å². The van der Waals surface area contributed by atoms with Gasteiger partial charge in [-0.3, -0.25) is 9.59 Å². The maximum atomic E-state index is 12.9. The summed E-state index contributed by atoms with van der Waals surface area (Å²) < 4.78 is 6.69. The lowest BCUT2D eigenvalue weighted by molar-refractivity contribution is -0.139. The predicted molar refractivity (Wildman–Crippen MR) is 198 cm³/mol. The smallest absolute Gasteiger partial charge is 0.404 e. The van der Waals surface area contributed by atoms with Crippen molar-refractivity contribution in [1.82, 2.24) is 25.2 Å². The molecule has 0 radical (unpaired) electrons. The summed E-state index contributed by atoms with van der Waals surface area (Å²) in [6.07, 6.45) is 2.04. The number of amides is 3. The van der Waals surface area contributed by atoms with Gasteiger partial charge in [0.1, 0.15) is 18.2 Å². The number of hydrogen-bond acceptors (Lipinski definition) is 7. The number of rotatable bonds is 9. The van der Waals surface area contributed by atoms with Crippen molar-refractivity contribution >= 4 is 28.9 Å². The molecular weight excluding hydrogens is 642 g/mol. The first kappa shape index (κ1) is 36.7. The van der Waals surface area contributed by atoms with Gasteiger partial charge in [-0.1, -0.05) is 104 Å². The van der Waals surface area contributed by atoms with E-state index in [1.165, 1.54) is 22.3 Å². The molecule has 5 N–H and O–H groups in total. The lowest BCUT2D eigenvalue weighted by Crippen LogP contribution is -2.51. The largest absolute Gasteiger partial charge is 0.449 e. The Labute approximate surface area is 299 Å². The molecule has 266 valence electrons. The number of aromatic nitrogens is 3. The summed E-state index contributed by atoms with van der Waals surface area (Å²) in [5, 5.41) is 11.1. The number of hydrogen-bond donors (Lipinski definition) is 3. The van der Waals surface area contributed by atoms with E-state index in [-0.39, 0.29) is 17.7 Å². The number of fused-ring (bicyclic) bond motifs is 4. The molecule has 1 aromatic heterocycles. The van der Waals surface area contributed by atoms with Crippen molar-refractivity contribution in [3.63, 3.8) is 0 Å². The van der Waals surface area contributed by atoms with Crippen LogP contribution in [0.3, 0.4) is 0 Å². The molecule has 2 aliphatic rings. The predicted octanol–water partition coefficient (Wildman–Crippen LogP) is 5.46. The quantitative estimate of drug-likeness (QED) is 0.186. The number of carbonyl (C=O) groups is 3. The Kier molecular flexibility index (Phi) is 12.5. The van der Waals surface area contributed by atoms with E-state index < -0.39 is 18.2 Å². The Bertz CT molecular complexity index is 1900. The van der Waals surface area contributed by atoms with Crippen LogP contribution in [-0.4, -0.2) is 63.0 Å². The first-order valence-electron chi connectivity index (χ1n) is 17.6. The molecule has 0 unspecified atom stereocenters. The van der Waals surface area contributed by atoms with Crippen molar-refractivity contribution in [2.45, 2.75) is 64.1 Å². The topological polar surface area (TPSA) is 158 Å². The van der Waals surface area contributed by atoms with E-state index >= 15 is 0 Å². The Morgan fingerprint density at radius 2 is 1.55 bits per heavy atom. The van der Waals surface area contributed by atoms with Crippen molar-refractivity contribution in [3.8, 4) is 11.1 Å². The maximum absolute atomic E-state index is 12.9. The number of nitrogens with zero attached hydrogens (tertiary/aromatic N) is 4. The molecule has 4 aromatic carbocycles. The van der Waals surface area contributed by atoms with Gasteiger partial charge in [0.15, 0.2) is 0 Å². The summed E-state index contributed by atoms with van der Waals surface area (Å²) in [5.74, 6) is -0.195. The van der Waals surface area contributed by atoms with E-state index in [4.69, 9.17) is 16.2 Å². The fraction of sp³-hybridized carbons (Fsp3) is 0.325. The summed E-state index contributed by atoms with van der Waals surface area (Å²) in [4.78, 5) is 38.2. The van der Waals surface area contributed by atoms with Gasteiger partial charge >= 0.3 is 6.09 Å². The van der Waals surface area contributed by atoms with Gasteiger partial charge < -0.3 is 26.4 Å². The first-order chi connectivity index (χ1) is 24.8. The molecule has 1 saturated heterocycles. The fourth-order valence-corrected chi connectivity index (χ4v) is 6.71. The van der Waals surface area contributed by atoms with Gasteiger partial charge in [0, 0.05) is 26.1 Å². The number of likely N-dealkylation sites (tertiary alicyclic amines) is 1. The second kappa shape index (κ2) is 17.4. The van der Waals surface area contributed by atoms with E-state index in [0.717, 1.165) is 35.0 Å². The number of nitrogens with one attached hydrogen (secondary N) is 1. The number of nitrogens with two attached hydrogens (primary N) is 2. The first-order valence-corrected chi connectivity index (χ1v) is 17.6. The van der Waals surface area contributed by atoms with E-state index in [9.17, 15) is 14.4 Å². The van der Waals surface area contributed by atoms with Crippen LogP contribution in [0.2, 0.25) is 0 Å². The fourth-order valence-electron chi connectivity index (χ4n) is 6.71. The monoisotopic (exact) mass is 689 g/mol. The molecule has 7 rings (SSSR count). The molecule has 2 heterocycles. The number of ether oxygens (including phenoxy) is 1. The van der Waals surface area contributed by atoms with Crippen molar-refractivity contribution < 1.29 is 19.1 Å². The molecule has 0 saturated carbocycles. The Balaban J connectivity index is 0.000000213. The average Bonchev–Trinajstić information content (AvgIpc) is 3.89. The third kappa shape index (κ3) is 8.79. The van der Waals surface area contributed by atoms with Gasteiger partial charge in [0.25, 0.3) is 0 Å². The molecule has 11 heteroatoms. The zero-order chi connectivity index (χ0) is 36.3. The Morgan fingerprint density at radius 3 is 2.22 bits per heavy atom. The van der Waals surface area contributed by atoms with E-state index in [1.54, 1.807) is 9.58 Å². The number of primary amides is 1. The number of benzene rings is 4. The van der Waals surface area contributed by atoms with Crippen LogP contribution in [0.4, 0.5) is 4.79 Å². The van der Waals surface area contributed by atoms with Crippen molar-refractivity contribution in [2.75, 3.05) is 13.2 Å². The second-order valence-corrected chi connectivity index (χ2v) is 12.4. The van der Waals surface area contributed by atoms with Gasteiger partial charge in [0.05, 0.1) is 11.6 Å². The van der Waals surface area contributed by atoms with Gasteiger partial charge in [-0.05, 0) is 71.2 Å². The molecule has 1 aliphatic carbocycles. The Hall–Kier alpha value is -5.55. The van der Waals surface area contributed by atoms with Gasteiger partial charge in [-0.2, -0.15) is 0 Å².